The number of nitrogens with zero attached hydrogens (tertiary/aromatic N) is 1. The van der Waals surface area contributed by atoms with E-state index in [4.69, 9.17) is 19.2 Å². The maximum atomic E-state index is 5.87. The zero-order chi connectivity index (χ0) is 20.2. The molecule has 29 heavy (non-hydrogen) atoms. The molecule has 0 amide bonds. The summed E-state index contributed by atoms with van der Waals surface area (Å²) in [5.41, 5.74) is 2.22. The number of guanidine groups is 1. The van der Waals surface area contributed by atoms with Gasteiger partial charge >= 0.3 is 0 Å². The first-order chi connectivity index (χ1) is 13.5. The first-order valence-corrected chi connectivity index (χ1v) is 10.4. The molecular weight excluding hydrogens is 481 g/mol. The van der Waals surface area contributed by atoms with E-state index in [0.717, 1.165) is 51.7 Å². The summed E-state index contributed by atoms with van der Waals surface area (Å²) in [5, 5.41) is 6.68. The number of ether oxygens (including phenoxy) is 3. The molecule has 1 fully saturated rings. The highest BCUT2D eigenvalue weighted by molar-refractivity contribution is 14.0. The van der Waals surface area contributed by atoms with Gasteiger partial charge in [-0.25, -0.2) is 4.99 Å². The van der Waals surface area contributed by atoms with Crippen LogP contribution in [0.2, 0.25) is 0 Å². The Morgan fingerprint density at radius 1 is 1.24 bits per heavy atom. The van der Waals surface area contributed by atoms with Crippen LogP contribution in [-0.2, 0) is 27.4 Å². The molecule has 1 aliphatic rings. The van der Waals surface area contributed by atoms with Gasteiger partial charge in [0.25, 0.3) is 0 Å². The van der Waals surface area contributed by atoms with Gasteiger partial charge < -0.3 is 24.8 Å². The molecular formula is C22H38IN3O3. The van der Waals surface area contributed by atoms with Crippen molar-refractivity contribution in [2.24, 2.45) is 4.99 Å². The molecule has 0 bridgehead atoms. The summed E-state index contributed by atoms with van der Waals surface area (Å²) < 4.78 is 17.0. The van der Waals surface area contributed by atoms with Gasteiger partial charge in [-0.3, -0.25) is 0 Å². The van der Waals surface area contributed by atoms with Gasteiger partial charge in [0.2, 0.25) is 0 Å². The second-order valence-electron chi connectivity index (χ2n) is 8.05. The van der Waals surface area contributed by atoms with Crippen molar-refractivity contribution < 1.29 is 14.2 Å². The molecule has 166 valence electrons. The Morgan fingerprint density at radius 3 is 2.72 bits per heavy atom. The minimum Gasteiger partial charge on any atom is -0.379 e. The molecule has 2 N–H and O–H groups in total. The Kier molecular flexibility index (Phi) is 12.8. The Labute approximate surface area is 193 Å². The third kappa shape index (κ3) is 11.8. The third-order valence-corrected chi connectivity index (χ3v) is 4.28. The topological polar surface area (TPSA) is 64.1 Å². The zero-order valence-corrected chi connectivity index (χ0v) is 20.7. The lowest BCUT2D eigenvalue weighted by Gasteiger charge is -2.19. The molecule has 7 heteroatoms. The Bertz CT molecular complexity index is 599. The number of benzene rings is 1. The van der Waals surface area contributed by atoms with Gasteiger partial charge in [-0.05, 0) is 51.7 Å². The Balaban J connectivity index is 0.00000420. The van der Waals surface area contributed by atoms with E-state index < -0.39 is 0 Å². The fourth-order valence-electron chi connectivity index (χ4n) is 2.80. The van der Waals surface area contributed by atoms with Crippen molar-refractivity contribution in [3.05, 3.63) is 35.4 Å². The molecule has 1 aliphatic heterocycles. The van der Waals surface area contributed by atoms with Gasteiger partial charge in [0, 0.05) is 26.3 Å². The average molecular weight is 519 g/mol. The monoisotopic (exact) mass is 519 g/mol. The molecule has 0 spiro atoms. The Hall–Kier alpha value is -0.900. The smallest absolute Gasteiger partial charge is 0.191 e. The van der Waals surface area contributed by atoms with E-state index in [9.17, 15) is 0 Å². The summed E-state index contributed by atoms with van der Waals surface area (Å²) in [6.45, 7) is 13.5. The van der Waals surface area contributed by atoms with Crippen LogP contribution in [0, 0.1) is 0 Å². The second-order valence-corrected chi connectivity index (χ2v) is 8.05. The van der Waals surface area contributed by atoms with Crippen molar-refractivity contribution in [2.75, 3.05) is 32.9 Å². The van der Waals surface area contributed by atoms with Crippen LogP contribution in [0.5, 0.6) is 0 Å². The third-order valence-electron chi connectivity index (χ3n) is 4.28. The van der Waals surface area contributed by atoms with Gasteiger partial charge in [-0.15, -0.1) is 24.0 Å². The van der Waals surface area contributed by atoms with Gasteiger partial charge in [-0.1, -0.05) is 24.3 Å². The van der Waals surface area contributed by atoms with Crippen molar-refractivity contribution in [3.63, 3.8) is 0 Å². The van der Waals surface area contributed by atoms with Crippen LogP contribution >= 0.6 is 24.0 Å². The first-order valence-electron chi connectivity index (χ1n) is 10.4. The standard InChI is InChI=1S/C22H37N3O3.HI/c1-5-23-21(24-11-7-12-27-20-10-13-26-17-20)25-15-18-8-6-9-19(14-18)16-28-22(2,3)4;/h6,8-9,14,20H,5,7,10-13,15-17H2,1-4H3,(H2,23,24,25);1H. The highest BCUT2D eigenvalue weighted by Crippen LogP contribution is 2.13. The van der Waals surface area contributed by atoms with Crippen molar-refractivity contribution in [1.82, 2.24) is 10.6 Å². The van der Waals surface area contributed by atoms with Crippen molar-refractivity contribution in [1.29, 1.82) is 0 Å². The fraction of sp³-hybridized carbons (Fsp3) is 0.682. The molecule has 0 aromatic heterocycles. The van der Waals surface area contributed by atoms with E-state index >= 15 is 0 Å². The number of rotatable bonds is 10. The molecule has 1 heterocycles. The first kappa shape index (κ1) is 26.1. The molecule has 0 radical (unpaired) electrons. The van der Waals surface area contributed by atoms with E-state index in [1.165, 1.54) is 11.1 Å². The minimum atomic E-state index is -0.134. The summed E-state index contributed by atoms with van der Waals surface area (Å²) in [6, 6.07) is 8.43. The second kappa shape index (κ2) is 14.2. The lowest BCUT2D eigenvalue weighted by atomic mass is 10.1. The summed E-state index contributed by atoms with van der Waals surface area (Å²) in [6.07, 6.45) is 2.23. The molecule has 0 saturated carbocycles. The lowest BCUT2D eigenvalue weighted by molar-refractivity contribution is -0.0149. The zero-order valence-electron chi connectivity index (χ0n) is 18.3. The SMILES string of the molecule is CCNC(=NCc1cccc(COC(C)(C)C)c1)NCCCOC1CCOC1.I. The van der Waals surface area contributed by atoms with Gasteiger partial charge in [0.1, 0.15) is 0 Å². The van der Waals surface area contributed by atoms with Crippen molar-refractivity contribution in [2.45, 2.75) is 65.4 Å². The predicted octanol–water partition coefficient (Wildman–Crippen LogP) is 3.87. The normalized spacial score (nSPS) is 17.1. The number of hydrogen-bond acceptors (Lipinski definition) is 4. The van der Waals surface area contributed by atoms with E-state index in [-0.39, 0.29) is 35.7 Å². The molecule has 6 nitrogen and oxygen atoms in total. The fourth-order valence-corrected chi connectivity index (χ4v) is 2.80. The maximum Gasteiger partial charge on any atom is 0.191 e. The van der Waals surface area contributed by atoms with E-state index in [1.807, 2.05) is 0 Å². The van der Waals surface area contributed by atoms with Gasteiger partial charge in [-0.2, -0.15) is 0 Å². The van der Waals surface area contributed by atoms with Gasteiger partial charge in [0.05, 0.1) is 31.5 Å². The van der Waals surface area contributed by atoms with Crippen LogP contribution in [0.3, 0.4) is 0 Å². The van der Waals surface area contributed by atoms with Crippen molar-refractivity contribution >= 4 is 29.9 Å². The average Bonchev–Trinajstić information content (AvgIpc) is 3.17. The Morgan fingerprint density at radius 2 is 2.03 bits per heavy atom. The molecule has 1 aromatic carbocycles. The summed E-state index contributed by atoms with van der Waals surface area (Å²) in [4.78, 5) is 4.70. The van der Waals surface area contributed by atoms with Crippen LogP contribution in [-0.4, -0.2) is 50.6 Å². The number of halogens is 1. The number of hydrogen-bond donors (Lipinski definition) is 2. The molecule has 0 aliphatic carbocycles. The number of nitrogens with one attached hydrogen (secondary N) is 2. The molecule has 1 unspecified atom stereocenters. The molecule has 1 aromatic rings. The predicted molar refractivity (Wildman–Crippen MR) is 129 cm³/mol. The minimum absolute atomic E-state index is 0. The summed E-state index contributed by atoms with van der Waals surface area (Å²) in [7, 11) is 0. The quantitative estimate of drug-likeness (QED) is 0.213. The maximum absolute atomic E-state index is 5.87. The molecule has 1 atom stereocenters. The molecule has 1 saturated heterocycles. The van der Waals surface area contributed by atoms with E-state index in [1.54, 1.807) is 0 Å². The highest BCUT2D eigenvalue weighted by atomic mass is 127. The van der Waals surface area contributed by atoms with Crippen LogP contribution in [0.4, 0.5) is 0 Å². The van der Waals surface area contributed by atoms with E-state index in [2.05, 4.69) is 62.6 Å². The van der Waals surface area contributed by atoms with Crippen LogP contribution in [0.25, 0.3) is 0 Å². The molecule has 2 rings (SSSR count). The van der Waals surface area contributed by atoms with Crippen molar-refractivity contribution in [3.8, 4) is 0 Å². The number of aliphatic imine (C=N–C) groups is 1. The van der Waals surface area contributed by atoms with Gasteiger partial charge in [0.15, 0.2) is 5.96 Å². The largest absolute Gasteiger partial charge is 0.379 e. The summed E-state index contributed by atoms with van der Waals surface area (Å²) in [5.74, 6) is 0.836. The van der Waals surface area contributed by atoms with Crippen LogP contribution in [0.1, 0.15) is 51.7 Å². The summed E-state index contributed by atoms with van der Waals surface area (Å²) >= 11 is 0. The van der Waals surface area contributed by atoms with Crippen LogP contribution in [0.15, 0.2) is 29.3 Å². The van der Waals surface area contributed by atoms with E-state index in [0.29, 0.717) is 13.2 Å². The highest BCUT2D eigenvalue weighted by Gasteiger charge is 2.15. The van der Waals surface area contributed by atoms with Crippen LogP contribution < -0.4 is 10.6 Å². The lowest BCUT2D eigenvalue weighted by Crippen LogP contribution is -2.38.